The van der Waals surface area contributed by atoms with Crippen molar-refractivity contribution < 1.29 is 14.3 Å². The van der Waals surface area contributed by atoms with E-state index in [-0.39, 0.29) is 5.91 Å². The number of nitrogens with one attached hydrogen (secondary N) is 1. The van der Waals surface area contributed by atoms with Crippen molar-refractivity contribution in [2.75, 3.05) is 19.1 Å². The average Bonchev–Trinajstić information content (AvgIpc) is 3.22. The fraction of sp³-hybridized carbons (Fsp3) is 0.231. The van der Waals surface area contributed by atoms with Gasteiger partial charge in [-0.05, 0) is 78.1 Å². The summed E-state index contributed by atoms with van der Waals surface area (Å²) in [6, 6.07) is 17.6. The lowest BCUT2D eigenvalue weighted by molar-refractivity contribution is 0.0955. The summed E-state index contributed by atoms with van der Waals surface area (Å²) in [6.07, 6.45) is 1.57. The number of anilines is 1. The van der Waals surface area contributed by atoms with Gasteiger partial charge in [0.15, 0.2) is 11.5 Å². The summed E-state index contributed by atoms with van der Waals surface area (Å²) in [7, 11) is 3.16. The fourth-order valence-corrected chi connectivity index (χ4v) is 3.89. The number of methoxy groups -OCH3 is 2. The average molecular weight is 430 g/mol. The highest BCUT2D eigenvalue weighted by Gasteiger charge is 2.20. The van der Waals surface area contributed by atoms with Crippen LogP contribution < -0.4 is 19.8 Å². The second-order valence-corrected chi connectivity index (χ2v) is 7.93. The van der Waals surface area contributed by atoms with Gasteiger partial charge in [0, 0.05) is 24.3 Å². The van der Waals surface area contributed by atoms with Gasteiger partial charge < -0.3 is 14.4 Å². The van der Waals surface area contributed by atoms with Gasteiger partial charge in [-0.25, -0.2) is 5.43 Å². The van der Waals surface area contributed by atoms with Crippen molar-refractivity contribution in [3.8, 4) is 11.5 Å². The first-order valence-corrected chi connectivity index (χ1v) is 10.5. The molecule has 0 unspecified atom stereocenters. The maximum atomic E-state index is 12.6. The molecule has 1 aliphatic heterocycles. The van der Waals surface area contributed by atoms with Crippen LogP contribution in [0.2, 0.25) is 0 Å². The molecule has 6 heteroatoms. The standard InChI is InChI=1S/C26H27N3O3/c1-17-10-21-15-29(16-22(21)11-18(17)2)23-7-5-6-20(13-23)26(30)28-27-14-19-8-9-24(31-3)25(12-19)32-4/h5-14H,15-16H2,1-4H3,(H,28,30)/b27-14+. The Labute approximate surface area is 188 Å². The molecule has 3 aromatic carbocycles. The Morgan fingerprint density at radius 1 is 0.938 bits per heavy atom. The van der Waals surface area contributed by atoms with Crippen LogP contribution in [-0.4, -0.2) is 26.3 Å². The highest BCUT2D eigenvalue weighted by molar-refractivity contribution is 5.95. The van der Waals surface area contributed by atoms with Gasteiger partial charge in [-0.15, -0.1) is 0 Å². The van der Waals surface area contributed by atoms with Crippen molar-refractivity contribution >= 4 is 17.8 Å². The molecule has 4 rings (SSSR count). The van der Waals surface area contributed by atoms with Gasteiger partial charge in [0.05, 0.1) is 20.4 Å². The van der Waals surface area contributed by atoms with E-state index >= 15 is 0 Å². The smallest absolute Gasteiger partial charge is 0.271 e. The lowest BCUT2D eigenvalue weighted by Crippen LogP contribution is -2.19. The molecular formula is C26H27N3O3. The molecule has 1 heterocycles. The highest BCUT2D eigenvalue weighted by atomic mass is 16.5. The number of hydrogen-bond donors (Lipinski definition) is 1. The van der Waals surface area contributed by atoms with Crippen molar-refractivity contribution in [1.82, 2.24) is 5.43 Å². The summed E-state index contributed by atoms with van der Waals surface area (Å²) < 4.78 is 10.5. The molecule has 1 N–H and O–H groups in total. The Morgan fingerprint density at radius 3 is 2.28 bits per heavy atom. The Kier molecular flexibility index (Phi) is 6.12. The van der Waals surface area contributed by atoms with E-state index in [1.54, 1.807) is 38.6 Å². The Balaban J connectivity index is 1.43. The minimum atomic E-state index is -0.257. The summed E-state index contributed by atoms with van der Waals surface area (Å²) >= 11 is 0. The molecule has 164 valence electrons. The molecule has 0 bridgehead atoms. The Morgan fingerprint density at radius 2 is 1.62 bits per heavy atom. The summed E-state index contributed by atoms with van der Waals surface area (Å²) in [6.45, 7) is 5.98. The maximum absolute atomic E-state index is 12.6. The van der Waals surface area contributed by atoms with Crippen LogP contribution >= 0.6 is 0 Å². The summed E-state index contributed by atoms with van der Waals surface area (Å²) in [5.41, 5.74) is 10.3. The second-order valence-electron chi connectivity index (χ2n) is 7.93. The van der Waals surface area contributed by atoms with Crippen LogP contribution in [0, 0.1) is 13.8 Å². The van der Waals surface area contributed by atoms with Crippen molar-refractivity contribution in [2.45, 2.75) is 26.9 Å². The third kappa shape index (κ3) is 4.44. The molecular weight excluding hydrogens is 402 g/mol. The molecule has 1 amide bonds. The molecule has 0 fully saturated rings. The minimum Gasteiger partial charge on any atom is -0.493 e. The van der Waals surface area contributed by atoms with Gasteiger partial charge in [-0.3, -0.25) is 4.79 Å². The molecule has 3 aromatic rings. The number of rotatable bonds is 6. The highest BCUT2D eigenvalue weighted by Crippen LogP contribution is 2.30. The first-order chi connectivity index (χ1) is 15.5. The number of aryl methyl sites for hydroxylation is 2. The van der Waals surface area contributed by atoms with E-state index < -0.39 is 0 Å². The molecule has 1 aliphatic rings. The van der Waals surface area contributed by atoms with Crippen molar-refractivity contribution in [2.24, 2.45) is 5.10 Å². The predicted molar refractivity (Wildman–Crippen MR) is 127 cm³/mol. The number of benzene rings is 3. The van der Waals surface area contributed by atoms with E-state index in [2.05, 4.69) is 41.4 Å². The van der Waals surface area contributed by atoms with E-state index in [1.165, 1.54) is 22.3 Å². The van der Waals surface area contributed by atoms with Crippen molar-refractivity contribution in [3.05, 3.63) is 88.0 Å². The van der Waals surface area contributed by atoms with Crippen molar-refractivity contribution in [1.29, 1.82) is 0 Å². The monoisotopic (exact) mass is 429 g/mol. The predicted octanol–water partition coefficient (Wildman–Crippen LogP) is 4.60. The third-order valence-corrected chi connectivity index (χ3v) is 5.80. The number of carbonyl (C=O) groups is 1. The van der Waals surface area contributed by atoms with Crippen LogP contribution in [0.15, 0.2) is 59.7 Å². The van der Waals surface area contributed by atoms with Crippen LogP contribution in [0.1, 0.15) is 38.2 Å². The van der Waals surface area contributed by atoms with Crippen LogP contribution in [-0.2, 0) is 13.1 Å². The Bertz CT molecular complexity index is 1160. The van der Waals surface area contributed by atoms with E-state index in [1.807, 2.05) is 24.3 Å². The summed E-state index contributed by atoms with van der Waals surface area (Å²) in [5, 5.41) is 4.09. The first-order valence-electron chi connectivity index (χ1n) is 10.5. The summed E-state index contributed by atoms with van der Waals surface area (Å²) in [5.74, 6) is 0.985. The van der Waals surface area contributed by atoms with Crippen LogP contribution in [0.25, 0.3) is 0 Å². The second kappa shape index (κ2) is 9.14. The van der Waals surface area contributed by atoms with Crippen molar-refractivity contribution in [3.63, 3.8) is 0 Å². The number of amides is 1. The van der Waals surface area contributed by atoms with E-state index in [0.29, 0.717) is 17.1 Å². The van der Waals surface area contributed by atoms with Gasteiger partial charge in [0.25, 0.3) is 5.91 Å². The fourth-order valence-electron chi connectivity index (χ4n) is 3.89. The SMILES string of the molecule is COc1ccc(/C=N/NC(=O)c2cccc(N3Cc4cc(C)c(C)cc4C3)c2)cc1OC. The molecule has 6 nitrogen and oxygen atoms in total. The lowest BCUT2D eigenvalue weighted by atomic mass is 10.0. The molecule has 0 aliphatic carbocycles. The quantitative estimate of drug-likeness (QED) is 0.459. The lowest BCUT2D eigenvalue weighted by Gasteiger charge is -2.18. The van der Waals surface area contributed by atoms with Gasteiger partial charge in [0.1, 0.15) is 0 Å². The van der Waals surface area contributed by atoms with Gasteiger partial charge in [-0.1, -0.05) is 18.2 Å². The first kappa shape index (κ1) is 21.4. The zero-order chi connectivity index (χ0) is 22.7. The number of carbonyl (C=O) groups excluding carboxylic acids is 1. The molecule has 0 saturated carbocycles. The molecule has 0 saturated heterocycles. The normalized spacial score (nSPS) is 12.7. The van der Waals surface area contributed by atoms with E-state index in [4.69, 9.17) is 9.47 Å². The maximum Gasteiger partial charge on any atom is 0.271 e. The van der Waals surface area contributed by atoms with E-state index in [0.717, 1.165) is 24.3 Å². The Hall–Kier alpha value is -3.80. The molecule has 0 radical (unpaired) electrons. The van der Waals surface area contributed by atoms with Gasteiger partial charge >= 0.3 is 0 Å². The number of hydrazone groups is 1. The molecule has 32 heavy (non-hydrogen) atoms. The molecule has 0 aromatic heterocycles. The zero-order valence-electron chi connectivity index (χ0n) is 18.8. The molecule has 0 spiro atoms. The zero-order valence-corrected chi connectivity index (χ0v) is 18.8. The van der Waals surface area contributed by atoms with Crippen LogP contribution in [0.5, 0.6) is 11.5 Å². The van der Waals surface area contributed by atoms with Crippen LogP contribution in [0.3, 0.4) is 0 Å². The van der Waals surface area contributed by atoms with Crippen LogP contribution in [0.4, 0.5) is 5.69 Å². The minimum absolute atomic E-state index is 0.257. The third-order valence-electron chi connectivity index (χ3n) is 5.80. The number of fused-ring (bicyclic) bond motifs is 1. The number of ether oxygens (including phenoxy) is 2. The number of hydrogen-bond acceptors (Lipinski definition) is 5. The largest absolute Gasteiger partial charge is 0.493 e. The van der Waals surface area contributed by atoms with Gasteiger partial charge in [-0.2, -0.15) is 5.10 Å². The number of nitrogens with zero attached hydrogens (tertiary/aromatic N) is 2. The van der Waals surface area contributed by atoms with E-state index in [9.17, 15) is 4.79 Å². The summed E-state index contributed by atoms with van der Waals surface area (Å²) in [4.78, 5) is 14.9. The topological polar surface area (TPSA) is 63.2 Å². The molecule has 0 atom stereocenters. The van der Waals surface area contributed by atoms with Gasteiger partial charge in [0.2, 0.25) is 0 Å².